The van der Waals surface area contributed by atoms with E-state index >= 15 is 0 Å². The van der Waals surface area contributed by atoms with Gasteiger partial charge >= 0.3 is 0 Å². The number of fused-ring (bicyclic) bond motifs is 1. The van der Waals surface area contributed by atoms with Gasteiger partial charge in [-0.3, -0.25) is 0 Å². The molecule has 0 fully saturated rings. The summed E-state index contributed by atoms with van der Waals surface area (Å²) in [6.07, 6.45) is 9.89. The Morgan fingerprint density at radius 3 is 2.62 bits per heavy atom. The largest absolute Gasteiger partial charge is 0.497 e. The molecule has 4 nitrogen and oxygen atoms in total. The van der Waals surface area contributed by atoms with Crippen LogP contribution in [0.25, 0.3) is 22.4 Å². The highest BCUT2D eigenvalue weighted by Crippen LogP contribution is 2.26. The number of nitrogens with zero attached hydrogens (tertiary/aromatic N) is 3. The average Bonchev–Trinajstić information content (AvgIpc) is 3.00. The van der Waals surface area contributed by atoms with Gasteiger partial charge in [-0.1, -0.05) is 18.2 Å². The number of pyridine rings is 1. The molecule has 122 valence electrons. The fraction of sp³-hybridized carbons (Fsp3) is 0.158. The van der Waals surface area contributed by atoms with Crippen LogP contribution in [0.15, 0.2) is 48.7 Å². The molecule has 0 saturated carbocycles. The lowest BCUT2D eigenvalue weighted by Gasteiger charge is -2.10. The summed E-state index contributed by atoms with van der Waals surface area (Å²) < 4.78 is 6.37. The highest BCUT2D eigenvalue weighted by Gasteiger charge is 2.02. The number of hydrogen-bond donors (Lipinski definition) is 0. The molecule has 3 rings (SSSR count). The zero-order valence-corrected chi connectivity index (χ0v) is 14.7. The van der Waals surface area contributed by atoms with Crippen molar-refractivity contribution in [2.45, 2.75) is 0 Å². The van der Waals surface area contributed by atoms with Crippen LogP contribution in [0.2, 0.25) is 0 Å². The van der Waals surface area contributed by atoms with Crippen molar-refractivity contribution in [3.63, 3.8) is 0 Å². The summed E-state index contributed by atoms with van der Waals surface area (Å²) in [5.74, 6) is 1.81. The summed E-state index contributed by atoms with van der Waals surface area (Å²) in [4.78, 5) is 11.0. The van der Waals surface area contributed by atoms with Crippen LogP contribution >= 0.6 is 11.3 Å². The van der Waals surface area contributed by atoms with Gasteiger partial charge in [-0.05, 0) is 42.0 Å². The number of aromatic nitrogens is 2. The maximum Gasteiger partial charge on any atom is 0.127 e. The van der Waals surface area contributed by atoms with Crippen molar-refractivity contribution >= 4 is 39.5 Å². The van der Waals surface area contributed by atoms with Crippen LogP contribution in [0.3, 0.4) is 0 Å². The second kappa shape index (κ2) is 7.27. The van der Waals surface area contributed by atoms with Gasteiger partial charge in [-0.2, -0.15) is 0 Å². The molecule has 0 spiro atoms. The lowest BCUT2D eigenvalue weighted by Crippen LogP contribution is -2.09. The van der Waals surface area contributed by atoms with Crippen molar-refractivity contribution in [1.82, 2.24) is 9.97 Å². The standard InChI is InChI=1S/C19H19N3OS/c1-22(2)18-11-8-14(13-20-18)6-4-5-7-19-21-16-10-9-15(23-3)12-17(16)24-19/h4-13H,1-3H3. The van der Waals surface area contributed by atoms with Crippen molar-refractivity contribution in [3.05, 3.63) is 59.3 Å². The molecule has 24 heavy (non-hydrogen) atoms. The first-order valence-corrected chi connectivity index (χ1v) is 8.40. The predicted molar refractivity (Wildman–Crippen MR) is 103 cm³/mol. The Balaban J connectivity index is 1.69. The number of hydrogen-bond acceptors (Lipinski definition) is 5. The van der Waals surface area contributed by atoms with Gasteiger partial charge in [0.2, 0.25) is 0 Å². The highest BCUT2D eigenvalue weighted by atomic mass is 32.1. The van der Waals surface area contributed by atoms with Crippen LogP contribution in [0, 0.1) is 0 Å². The molecule has 0 amide bonds. The van der Waals surface area contributed by atoms with E-state index in [1.807, 2.05) is 73.8 Å². The SMILES string of the molecule is COc1ccc2nc(C=CC=Cc3ccc(N(C)C)nc3)sc2c1. The first kappa shape index (κ1) is 16.2. The molecule has 0 N–H and O–H groups in total. The van der Waals surface area contributed by atoms with Crippen molar-refractivity contribution in [3.8, 4) is 5.75 Å². The smallest absolute Gasteiger partial charge is 0.127 e. The third-order valence-electron chi connectivity index (χ3n) is 3.48. The van der Waals surface area contributed by atoms with Crippen LogP contribution in [0.5, 0.6) is 5.75 Å². The Kier molecular flexibility index (Phi) is 4.91. The topological polar surface area (TPSA) is 38.2 Å². The molecule has 0 radical (unpaired) electrons. The van der Waals surface area contributed by atoms with Crippen molar-refractivity contribution in [2.75, 3.05) is 26.1 Å². The molecule has 2 aromatic heterocycles. The monoisotopic (exact) mass is 337 g/mol. The number of ether oxygens (including phenoxy) is 1. The zero-order valence-electron chi connectivity index (χ0n) is 13.9. The number of allylic oxidation sites excluding steroid dienone is 2. The van der Waals surface area contributed by atoms with Gasteiger partial charge in [0.25, 0.3) is 0 Å². The zero-order chi connectivity index (χ0) is 16.9. The second-order valence-corrected chi connectivity index (χ2v) is 6.51. The number of anilines is 1. The third-order valence-corrected chi connectivity index (χ3v) is 4.46. The van der Waals surface area contributed by atoms with E-state index in [2.05, 4.69) is 16.0 Å². The van der Waals surface area contributed by atoms with E-state index in [0.29, 0.717) is 0 Å². The minimum Gasteiger partial charge on any atom is -0.497 e. The van der Waals surface area contributed by atoms with Gasteiger partial charge in [0.05, 0.1) is 17.3 Å². The van der Waals surface area contributed by atoms with Gasteiger partial charge in [-0.25, -0.2) is 9.97 Å². The van der Waals surface area contributed by atoms with E-state index < -0.39 is 0 Å². The molecule has 0 saturated heterocycles. The van der Waals surface area contributed by atoms with Crippen LogP contribution in [0.1, 0.15) is 10.6 Å². The Bertz CT molecular complexity index is 879. The van der Waals surface area contributed by atoms with Crippen molar-refractivity contribution < 1.29 is 4.74 Å². The molecule has 0 aliphatic rings. The fourth-order valence-corrected chi connectivity index (χ4v) is 3.10. The molecule has 5 heteroatoms. The lowest BCUT2D eigenvalue weighted by molar-refractivity contribution is 0.415. The minimum absolute atomic E-state index is 0.857. The summed E-state index contributed by atoms with van der Waals surface area (Å²) in [6, 6.07) is 9.98. The number of benzene rings is 1. The van der Waals surface area contributed by atoms with Crippen LogP contribution < -0.4 is 9.64 Å². The predicted octanol–water partition coefficient (Wildman–Crippen LogP) is 4.49. The maximum absolute atomic E-state index is 5.24. The molecule has 0 atom stereocenters. The highest BCUT2D eigenvalue weighted by molar-refractivity contribution is 7.19. The molecule has 0 aliphatic carbocycles. The van der Waals surface area contributed by atoms with E-state index in [1.54, 1.807) is 18.4 Å². The van der Waals surface area contributed by atoms with E-state index in [9.17, 15) is 0 Å². The number of thiazole rings is 1. The first-order valence-electron chi connectivity index (χ1n) is 7.58. The molecular formula is C19H19N3OS. The van der Waals surface area contributed by atoms with E-state index in [1.165, 1.54) is 0 Å². The van der Waals surface area contributed by atoms with Crippen LogP contribution in [0.4, 0.5) is 5.82 Å². The maximum atomic E-state index is 5.24. The first-order chi connectivity index (χ1) is 11.7. The van der Waals surface area contributed by atoms with Crippen molar-refractivity contribution in [1.29, 1.82) is 0 Å². The van der Waals surface area contributed by atoms with E-state index in [0.717, 1.165) is 32.4 Å². The Morgan fingerprint density at radius 2 is 1.92 bits per heavy atom. The normalized spacial score (nSPS) is 11.6. The van der Waals surface area contributed by atoms with Gasteiger partial charge in [0, 0.05) is 20.3 Å². The summed E-state index contributed by atoms with van der Waals surface area (Å²) in [7, 11) is 5.64. The summed E-state index contributed by atoms with van der Waals surface area (Å²) in [5.41, 5.74) is 2.06. The van der Waals surface area contributed by atoms with Gasteiger partial charge in [0.15, 0.2) is 0 Å². The van der Waals surface area contributed by atoms with Crippen molar-refractivity contribution in [2.24, 2.45) is 0 Å². The molecule has 0 unspecified atom stereocenters. The lowest BCUT2D eigenvalue weighted by atomic mass is 10.2. The third kappa shape index (κ3) is 3.81. The quantitative estimate of drug-likeness (QED) is 0.643. The second-order valence-electron chi connectivity index (χ2n) is 5.45. The molecule has 0 bridgehead atoms. The van der Waals surface area contributed by atoms with Gasteiger partial charge in [-0.15, -0.1) is 11.3 Å². The summed E-state index contributed by atoms with van der Waals surface area (Å²) in [5, 5.41) is 0.976. The van der Waals surface area contributed by atoms with E-state index in [-0.39, 0.29) is 0 Å². The van der Waals surface area contributed by atoms with Gasteiger partial charge < -0.3 is 9.64 Å². The Labute approximate surface area is 145 Å². The molecule has 2 heterocycles. The number of methoxy groups -OCH3 is 1. The summed E-state index contributed by atoms with van der Waals surface area (Å²) >= 11 is 1.65. The van der Waals surface area contributed by atoms with Crippen LogP contribution in [-0.2, 0) is 0 Å². The number of rotatable bonds is 5. The molecular weight excluding hydrogens is 318 g/mol. The summed E-state index contributed by atoms with van der Waals surface area (Å²) in [6.45, 7) is 0. The molecule has 0 aliphatic heterocycles. The average molecular weight is 337 g/mol. The molecule has 1 aromatic carbocycles. The van der Waals surface area contributed by atoms with Crippen LogP contribution in [-0.4, -0.2) is 31.2 Å². The Morgan fingerprint density at radius 1 is 1.08 bits per heavy atom. The van der Waals surface area contributed by atoms with E-state index in [4.69, 9.17) is 4.74 Å². The molecule has 3 aromatic rings. The fourth-order valence-electron chi connectivity index (χ4n) is 2.19. The van der Waals surface area contributed by atoms with Gasteiger partial charge in [0.1, 0.15) is 16.6 Å². The minimum atomic E-state index is 0.857. The Hall–Kier alpha value is -2.66.